The number of aryl methyl sites for hydroxylation is 2. The van der Waals surface area contributed by atoms with E-state index in [1.165, 1.54) is 4.68 Å². The van der Waals surface area contributed by atoms with Crippen LogP contribution < -0.4 is 0 Å². The maximum absolute atomic E-state index is 14.2. The van der Waals surface area contributed by atoms with Crippen LogP contribution in [0.25, 0.3) is 22.5 Å². The number of carboxylic acids is 1. The zero-order valence-electron chi connectivity index (χ0n) is 19.7. The molecule has 0 fully saturated rings. The molecule has 4 rings (SSSR count). The van der Waals surface area contributed by atoms with E-state index in [4.69, 9.17) is 0 Å². The van der Waals surface area contributed by atoms with Crippen LogP contribution in [0.4, 0.5) is 22.0 Å². The third-order valence-corrected chi connectivity index (χ3v) is 5.77. The average Bonchev–Trinajstić information content (AvgIpc) is 3.43. The zero-order valence-corrected chi connectivity index (χ0v) is 19.7. The van der Waals surface area contributed by atoms with Crippen LogP contribution in [0.3, 0.4) is 0 Å². The zero-order chi connectivity index (χ0) is 27.0. The molecule has 0 aliphatic carbocycles. The Labute approximate surface area is 207 Å². The van der Waals surface area contributed by atoms with Crippen molar-refractivity contribution < 1.29 is 31.9 Å². The van der Waals surface area contributed by atoms with Crippen molar-refractivity contribution in [2.45, 2.75) is 38.4 Å². The highest BCUT2D eigenvalue weighted by Gasteiger charge is 2.62. The van der Waals surface area contributed by atoms with Gasteiger partial charge in [-0.1, -0.05) is 55.5 Å². The summed E-state index contributed by atoms with van der Waals surface area (Å²) in [5.74, 6) is -6.97. The predicted molar refractivity (Wildman–Crippen MR) is 122 cm³/mol. The van der Waals surface area contributed by atoms with E-state index in [0.717, 1.165) is 21.3 Å². The van der Waals surface area contributed by atoms with Crippen molar-refractivity contribution in [3.63, 3.8) is 0 Å². The lowest BCUT2D eigenvalue weighted by molar-refractivity contribution is -0.291. The van der Waals surface area contributed by atoms with Gasteiger partial charge in [0, 0.05) is 25.6 Å². The fraction of sp³-hybridized carbons (Fsp3) is 0.292. The molecule has 13 heteroatoms. The summed E-state index contributed by atoms with van der Waals surface area (Å²) in [4.78, 5) is 15.3. The van der Waals surface area contributed by atoms with Gasteiger partial charge in [0.05, 0.1) is 0 Å². The summed E-state index contributed by atoms with van der Waals surface area (Å²) in [5.41, 5.74) is -0.173. The van der Waals surface area contributed by atoms with Gasteiger partial charge in [0.15, 0.2) is 17.2 Å². The maximum Gasteiger partial charge on any atom is 0.459 e. The number of aromatic carboxylic acids is 1. The standard InChI is InChI=1S/C24H21F5N6O2/c1-3-6-18-30-20(23(25,26)24(27,28)29)19(22(36)37)35(18)13-14-9-11-15(12-10-14)16-7-4-5-8-17(16)21-31-32-33-34(21)2/h4-5,7-12H,3,6,13H2,1-2H3,(H,36,37). The Morgan fingerprint density at radius 1 is 1.00 bits per heavy atom. The third-order valence-electron chi connectivity index (χ3n) is 5.77. The molecule has 2 heterocycles. The van der Waals surface area contributed by atoms with Crippen LogP contribution >= 0.6 is 0 Å². The number of alkyl halides is 5. The first-order valence-corrected chi connectivity index (χ1v) is 11.1. The smallest absolute Gasteiger partial charge is 0.459 e. The normalized spacial score (nSPS) is 12.2. The number of nitrogens with zero attached hydrogens (tertiary/aromatic N) is 6. The van der Waals surface area contributed by atoms with Crippen molar-refractivity contribution >= 4 is 5.97 Å². The Hall–Kier alpha value is -4.16. The van der Waals surface area contributed by atoms with Gasteiger partial charge in [0.2, 0.25) is 0 Å². The number of imidazole rings is 1. The van der Waals surface area contributed by atoms with Crippen LogP contribution in [0.5, 0.6) is 0 Å². The molecular weight excluding hydrogens is 499 g/mol. The van der Waals surface area contributed by atoms with Crippen molar-refractivity contribution in [1.82, 2.24) is 29.8 Å². The molecule has 0 saturated heterocycles. The van der Waals surface area contributed by atoms with Gasteiger partial charge >= 0.3 is 18.1 Å². The van der Waals surface area contributed by atoms with Crippen LogP contribution in [0, 0.1) is 0 Å². The molecule has 0 atom stereocenters. The maximum atomic E-state index is 14.2. The number of carbonyl (C=O) groups is 1. The minimum absolute atomic E-state index is 0.0193. The Bertz CT molecular complexity index is 1430. The lowest BCUT2D eigenvalue weighted by atomic mass is 9.98. The van der Waals surface area contributed by atoms with E-state index in [1.807, 2.05) is 24.3 Å². The summed E-state index contributed by atoms with van der Waals surface area (Å²) in [6.45, 7) is 1.42. The molecule has 0 aliphatic rings. The van der Waals surface area contributed by atoms with E-state index >= 15 is 0 Å². The molecule has 0 aliphatic heterocycles. The minimum Gasteiger partial charge on any atom is -0.477 e. The second kappa shape index (κ2) is 9.71. The fourth-order valence-electron chi connectivity index (χ4n) is 4.01. The molecule has 2 aromatic heterocycles. The summed E-state index contributed by atoms with van der Waals surface area (Å²) < 4.78 is 70.1. The second-order valence-electron chi connectivity index (χ2n) is 8.31. The van der Waals surface area contributed by atoms with Crippen LogP contribution in [0.15, 0.2) is 48.5 Å². The highest BCUT2D eigenvalue weighted by atomic mass is 19.4. The number of carboxylic acid groups (broad SMARTS) is 1. The van der Waals surface area contributed by atoms with E-state index in [9.17, 15) is 31.9 Å². The van der Waals surface area contributed by atoms with E-state index in [2.05, 4.69) is 20.5 Å². The molecule has 37 heavy (non-hydrogen) atoms. The number of hydrogen-bond donors (Lipinski definition) is 1. The van der Waals surface area contributed by atoms with Gasteiger partial charge in [-0.25, -0.2) is 14.5 Å². The van der Waals surface area contributed by atoms with E-state index in [-0.39, 0.29) is 18.8 Å². The lowest BCUT2D eigenvalue weighted by Crippen LogP contribution is -2.35. The number of benzene rings is 2. The average molecular weight is 520 g/mol. The molecule has 8 nitrogen and oxygen atoms in total. The van der Waals surface area contributed by atoms with Gasteiger partial charge in [-0.3, -0.25) is 0 Å². The molecule has 0 radical (unpaired) electrons. The molecule has 0 saturated carbocycles. The van der Waals surface area contributed by atoms with Crippen LogP contribution in [-0.2, 0) is 25.9 Å². The molecule has 1 N–H and O–H groups in total. The number of halogens is 5. The van der Waals surface area contributed by atoms with Gasteiger partial charge in [-0.15, -0.1) is 5.10 Å². The first-order valence-electron chi connectivity index (χ1n) is 11.1. The van der Waals surface area contributed by atoms with Gasteiger partial charge in [-0.05, 0) is 33.5 Å². The quantitative estimate of drug-likeness (QED) is 0.325. The number of rotatable bonds is 8. The summed E-state index contributed by atoms with van der Waals surface area (Å²) in [5, 5.41) is 21.1. The Morgan fingerprint density at radius 3 is 2.19 bits per heavy atom. The van der Waals surface area contributed by atoms with Crippen molar-refractivity contribution in [1.29, 1.82) is 0 Å². The van der Waals surface area contributed by atoms with Crippen LogP contribution in [0.2, 0.25) is 0 Å². The van der Waals surface area contributed by atoms with Crippen LogP contribution in [-0.4, -0.2) is 47.0 Å². The van der Waals surface area contributed by atoms with Crippen molar-refractivity contribution in [2.24, 2.45) is 7.05 Å². The lowest BCUT2D eigenvalue weighted by Gasteiger charge is -2.18. The Kier molecular flexibility index (Phi) is 6.80. The number of hydrogen-bond acceptors (Lipinski definition) is 5. The Balaban J connectivity index is 1.74. The van der Waals surface area contributed by atoms with E-state index in [0.29, 0.717) is 17.8 Å². The summed E-state index contributed by atoms with van der Waals surface area (Å²) in [6, 6.07) is 14.1. The molecule has 4 aromatic rings. The highest BCUT2D eigenvalue weighted by Crippen LogP contribution is 2.45. The van der Waals surface area contributed by atoms with E-state index in [1.54, 1.807) is 38.2 Å². The van der Waals surface area contributed by atoms with Crippen molar-refractivity contribution in [3.8, 4) is 22.5 Å². The van der Waals surface area contributed by atoms with Gasteiger partial charge < -0.3 is 9.67 Å². The molecule has 0 bridgehead atoms. The monoisotopic (exact) mass is 520 g/mol. The van der Waals surface area contributed by atoms with Crippen molar-refractivity contribution in [2.75, 3.05) is 0 Å². The minimum atomic E-state index is -5.99. The Morgan fingerprint density at radius 2 is 1.65 bits per heavy atom. The highest BCUT2D eigenvalue weighted by molar-refractivity contribution is 5.87. The molecule has 194 valence electrons. The number of aromatic nitrogens is 6. The summed E-state index contributed by atoms with van der Waals surface area (Å²) in [7, 11) is 1.70. The molecule has 2 aromatic carbocycles. The van der Waals surface area contributed by atoms with E-state index < -0.39 is 29.5 Å². The molecule has 0 unspecified atom stereocenters. The van der Waals surface area contributed by atoms with Gasteiger partial charge in [0.1, 0.15) is 5.82 Å². The van der Waals surface area contributed by atoms with Gasteiger partial charge in [-0.2, -0.15) is 22.0 Å². The van der Waals surface area contributed by atoms with Gasteiger partial charge in [0.25, 0.3) is 0 Å². The van der Waals surface area contributed by atoms with Crippen LogP contribution in [0.1, 0.15) is 40.9 Å². The number of tetrazole rings is 1. The third kappa shape index (κ3) is 4.80. The SMILES string of the molecule is CCCc1nc(C(F)(F)C(F)(F)F)c(C(=O)O)n1Cc1ccc(-c2ccccc2-c2nnnn2C)cc1. The van der Waals surface area contributed by atoms with Crippen molar-refractivity contribution in [3.05, 3.63) is 71.3 Å². The fourth-order valence-corrected chi connectivity index (χ4v) is 4.01. The molecular formula is C24H21F5N6O2. The first kappa shape index (κ1) is 25.9. The second-order valence-corrected chi connectivity index (χ2v) is 8.31. The molecule has 0 spiro atoms. The first-order chi connectivity index (χ1) is 17.5. The topological polar surface area (TPSA) is 98.7 Å². The molecule has 0 amide bonds. The predicted octanol–water partition coefficient (Wildman–Crippen LogP) is 5.09. The summed E-state index contributed by atoms with van der Waals surface area (Å²) >= 11 is 0. The largest absolute Gasteiger partial charge is 0.477 e. The summed E-state index contributed by atoms with van der Waals surface area (Å²) in [6.07, 6.45) is -5.61.